The van der Waals surface area contributed by atoms with E-state index in [0.717, 1.165) is 128 Å². The molecule has 7 aromatic rings. The standard InChI is InChI=1S/C38H53Cl2N3O6S.C18H19Cl2N.C16H14Cl3NO2S.ClH/c1-3-16-46-20-22-48-18-14-41-27-31-12-10-30(11-13-31)7-4-5-17-47-21-23-49-19-15-42-50(44,45)34-9-6-8-32(24-34)36-28-43(2)29-37-35(36)25-33(39)26-38(37)40;1-3-12-4-6-13(7-5-12)16-10-21(2)11-17-15(16)8-14(19)9-18(17)20;1-20-8-14(10-3-2-4-12(5-10)23(19,21)22)13-6-11(17)7-16(18)15(13)9-20;/h6,8-13,24-26,36,41-42H,3-5,7,14-23,27-29H2,1-2H3;4-9,16H,3,10-11H2,1-2H3;2-7,14H,8-9H2,1H3;1H. The van der Waals surface area contributed by atoms with E-state index in [4.69, 9.17) is 99.2 Å². The van der Waals surface area contributed by atoms with Crippen LogP contribution in [0.4, 0.5) is 0 Å². The molecule has 23 heteroatoms. The van der Waals surface area contributed by atoms with Crippen LogP contribution in [0.5, 0.6) is 0 Å². The Labute approximate surface area is 604 Å². The lowest BCUT2D eigenvalue weighted by molar-refractivity contribution is 0.0486. The minimum atomic E-state index is -3.76. The molecule has 0 bridgehead atoms. The van der Waals surface area contributed by atoms with Gasteiger partial charge in [0.1, 0.15) is 0 Å². The summed E-state index contributed by atoms with van der Waals surface area (Å²) < 4.78 is 74.3. The third-order valence-electron chi connectivity index (χ3n) is 16.8. The van der Waals surface area contributed by atoms with Crippen molar-refractivity contribution in [3.63, 3.8) is 0 Å². The van der Waals surface area contributed by atoms with E-state index in [1.807, 2.05) is 44.4 Å². The molecule has 3 aliphatic rings. The summed E-state index contributed by atoms with van der Waals surface area (Å²) in [7, 11) is 4.16. The maximum atomic E-state index is 13.1. The van der Waals surface area contributed by atoms with Gasteiger partial charge in [0.2, 0.25) is 10.0 Å². The highest BCUT2D eigenvalue weighted by Gasteiger charge is 2.31. The Bertz CT molecular complexity index is 3820. The van der Waals surface area contributed by atoms with Gasteiger partial charge in [-0.15, -0.1) is 12.4 Å². The highest BCUT2D eigenvalue weighted by molar-refractivity contribution is 8.13. The van der Waals surface area contributed by atoms with E-state index >= 15 is 0 Å². The normalized spacial score (nSPS) is 16.5. The topological polar surface area (TPSA) is 139 Å². The van der Waals surface area contributed by atoms with Gasteiger partial charge < -0.3 is 39.0 Å². The predicted octanol–water partition coefficient (Wildman–Crippen LogP) is 16.5. The Kier molecular flexibility index (Phi) is 32.2. The van der Waals surface area contributed by atoms with Crippen LogP contribution in [0.1, 0.15) is 118 Å². The van der Waals surface area contributed by atoms with Crippen LogP contribution in [0.15, 0.2) is 143 Å². The molecule has 95 heavy (non-hydrogen) atoms. The number of hydrogen-bond donors (Lipinski definition) is 2. The van der Waals surface area contributed by atoms with Crippen molar-refractivity contribution in [2.75, 3.05) is 107 Å². The molecule has 2 N–H and O–H groups in total. The minimum Gasteiger partial charge on any atom is -0.379 e. The number of ether oxygens (including phenoxy) is 4. The molecular weight excluding hydrogens is 1410 g/mol. The first-order chi connectivity index (χ1) is 45.1. The molecule has 0 radical (unpaired) electrons. The smallest absolute Gasteiger partial charge is 0.261 e. The molecular formula is C72H87Cl8N5O8S2. The average molecular weight is 1500 g/mol. The van der Waals surface area contributed by atoms with Crippen molar-refractivity contribution in [1.29, 1.82) is 0 Å². The third-order valence-corrected chi connectivity index (χ3v) is 21.3. The van der Waals surface area contributed by atoms with Crippen molar-refractivity contribution in [2.45, 2.75) is 99.7 Å². The molecule has 3 unspecified atom stereocenters. The summed E-state index contributed by atoms with van der Waals surface area (Å²) in [5, 5.41) is 7.31. The molecule has 3 heterocycles. The van der Waals surface area contributed by atoms with Crippen LogP contribution in [0.2, 0.25) is 30.1 Å². The fourth-order valence-electron chi connectivity index (χ4n) is 12.0. The lowest BCUT2D eigenvalue weighted by Gasteiger charge is -2.33. The van der Waals surface area contributed by atoms with Crippen molar-refractivity contribution in [3.8, 4) is 0 Å². The van der Waals surface area contributed by atoms with Gasteiger partial charge in [0.15, 0.2) is 0 Å². The van der Waals surface area contributed by atoms with Gasteiger partial charge in [-0.1, -0.05) is 156 Å². The van der Waals surface area contributed by atoms with Crippen LogP contribution in [0.3, 0.4) is 0 Å². The molecule has 0 fully saturated rings. The van der Waals surface area contributed by atoms with Gasteiger partial charge in [0.25, 0.3) is 9.05 Å². The van der Waals surface area contributed by atoms with Crippen LogP contribution < -0.4 is 10.0 Å². The van der Waals surface area contributed by atoms with Gasteiger partial charge >= 0.3 is 0 Å². The summed E-state index contributed by atoms with van der Waals surface area (Å²) in [6.07, 6.45) is 5.13. The van der Waals surface area contributed by atoms with Crippen LogP contribution in [0.25, 0.3) is 0 Å². The first-order valence-corrected chi connectivity index (χ1v) is 38.0. The highest BCUT2D eigenvalue weighted by atomic mass is 35.7. The third kappa shape index (κ3) is 23.8. The van der Waals surface area contributed by atoms with Crippen molar-refractivity contribution in [3.05, 3.63) is 230 Å². The van der Waals surface area contributed by atoms with Gasteiger partial charge in [-0.25, -0.2) is 21.6 Å². The Balaban J connectivity index is 0.000000232. The highest BCUT2D eigenvalue weighted by Crippen LogP contribution is 2.42. The molecule has 13 nitrogen and oxygen atoms in total. The van der Waals surface area contributed by atoms with Crippen LogP contribution in [-0.4, -0.2) is 138 Å². The summed E-state index contributed by atoms with van der Waals surface area (Å²) >= 11 is 38.0. The molecule has 0 saturated carbocycles. The van der Waals surface area contributed by atoms with Crippen LogP contribution in [0, 0.1) is 0 Å². The molecule has 7 aromatic carbocycles. The van der Waals surface area contributed by atoms with E-state index in [-0.39, 0.29) is 47.2 Å². The lowest BCUT2D eigenvalue weighted by Crippen LogP contribution is -2.31. The first-order valence-electron chi connectivity index (χ1n) is 31.9. The van der Waals surface area contributed by atoms with E-state index in [2.05, 4.69) is 100 Å². The number of fused-ring (bicyclic) bond motifs is 3. The maximum Gasteiger partial charge on any atom is 0.261 e. The van der Waals surface area contributed by atoms with E-state index in [0.29, 0.717) is 72.2 Å². The Morgan fingerprint density at radius 3 is 1.36 bits per heavy atom. The monoisotopic (exact) mass is 1490 g/mol. The number of sulfonamides is 1. The van der Waals surface area contributed by atoms with E-state index in [1.165, 1.54) is 39.4 Å². The number of nitrogens with one attached hydrogen (secondary N) is 2. The Hall–Kier alpha value is -3.60. The Morgan fingerprint density at radius 2 is 0.884 bits per heavy atom. The summed E-state index contributed by atoms with van der Waals surface area (Å²) in [6, 6.07) is 42.7. The number of hydrogen-bond acceptors (Lipinski definition) is 12. The molecule has 3 aliphatic heterocycles. The predicted molar refractivity (Wildman–Crippen MR) is 393 cm³/mol. The summed E-state index contributed by atoms with van der Waals surface area (Å²) in [5.41, 5.74) is 13.7. The van der Waals surface area contributed by atoms with Crippen LogP contribution in [-0.2, 0) is 77.0 Å². The van der Waals surface area contributed by atoms with Crippen molar-refractivity contribution in [1.82, 2.24) is 24.7 Å². The van der Waals surface area contributed by atoms with Gasteiger partial charge in [-0.3, -0.25) is 0 Å². The minimum absolute atomic E-state index is 0. The molecule has 516 valence electrons. The summed E-state index contributed by atoms with van der Waals surface area (Å²) in [6.45, 7) is 15.5. The quantitative estimate of drug-likeness (QED) is 0.0356. The van der Waals surface area contributed by atoms with Gasteiger partial charge in [0.05, 0.1) is 49.4 Å². The second-order valence-corrected chi connectivity index (χ2v) is 31.0. The lowest BCUT2D eigenvalue weighted by atomic mass is 9.84. The molecule has 3 atom stereocenters. The van der Waals surface area contributed by atoms with E-state index < -0.39 is 19.1 Å². The number of benzene rings is 7. The number of halogens is 8. The molecule has 0 amide bonds. The zero-order valence-electron chi connectivity index (χ0n) is 54.5. The van der Waals surface area contributed by atoms with Crippen molar-refractivity contribution in [2.24, 2.45) is 0 Å². The number of aryl methyl sites for hydroxylation is 2. The number of rotatable bonds is 28. The van der Waals surface area contributed by atoms with Crippen molar-refractivity contribution < 1.29 is 35.8 Å². The Morgan fingerprint density at radius 1 is 0.463 bits per heavy atom. The zero-order chi connectivity index (χ0) is 67.4. The fourth-order valence-corrected chi connectivity index (χ4v) is 15.6. The van der Waals surface area contributed by atoms with Crippen molar-refractivity contribution >= 4 is 112 Å². The van der Waals surface area contributed by atoms with Gasteiger partial charge in [-0.05, 0) is 181 Å². The molecule has 10 rings (SSSR count). The maximum absolute atomic E-state index is 13.1. The second kappa shape index (κ2) is 38.8. The second-order valence-electron chi connectivity index (χ2n) is 24.1. The molecule has 0 aromatic heterocycles. The van der Waals surface area contributed by atoms with E-state index in [9.17, 15) is 16.8 Å². The van der Waals surface area contributed by atoms with Gasteiger partial charge in [-0.2, -0.15) is 0 Å². The molecule has 0 spiro atoms. The number of nitrogens with zero attached hydrogens (tertiary/aromatic N) is 3. The molecule has 0 aliphatic carbocycles. The summed E-state index contributed by atoms with van der Waals surface area (Å²) in [5.74, 6) is 0.273. The van der Waals surface area contributed by atoms with E-state index in [1.54, 1.807) is 42.5 Å². The fraction of sp³-hybridized carbons (Fsp3) is 0.417. The SMILES string of the molecule is CCCOCCOCCNCc1ccc(CCCCOCCOCCNS(=O)(=O)c2cccc(C3CN(C)Cc4c(Cl)cc(Cl)cc43)c2)cc1.CCc1ccc(C2CN(C)Cc3c(Cl)cc(Cl)cc32)cc1.CN1Cc2c(Cl)cc(Cl)cc2C(c2cccc(S(=O)(=O)Cl)c2)C1.Cl. The zero-order valence-corrected chi connectivity index (χ0v) is 62.2. The van der Waals surface area contributed by atoms with Gasteiger partial charge in [0, 0.05) is 131 Å². The molecule has 0 saturated heterocycles. The van der Waals surface area contributed by atoms with Crippen LogP contribution >= 0.6 is 92.7 Å². The largest absolute Gasteiger partial charge is 0.379 e. The number of unbranched alkanes of at least 4 members (excludes halogenated alkanes) is 1. The summed E-state index contributed by atoms with van der Waals surface area (Å²) in [4.78, 5) is 6.96. The average Bonchev–Trinajstić information content (AvgIpc) is 0.819. The number of likely N-dealkylation sites (N-methyl/N-ethyl adjacent to an activating group) is 3. The first kappa shape index (κ1) is 78.7.